The monoisotopic (exact) mass is 549 g/mol. The van der Waals surface area contributed by atoms with Crippen molar-refractivity contribution in [2.75, 3.05) is 23.3 Å². The van der Waals surface area contributed by atoms with Crippen LogP contribution in [0, 0.1) is 42.0 Å². The minimum Gasteiger partial charge on any atom is -0.574 e. The van der Waals surface area contributed by atoms with Gasteiger partial charge in [0.1, 0.15) is 5.82 Å². The molecule has 1 aliphatic carbocycles. The number of amides is 1. The summed E-state index contributed by atoms with van der Waals surface area (Å²) in [7, 11) is 0. The van der Waals surface area contributed by atoms with Crippen molar-refractivity contribution in [3.8, 4) is 0 Å². The first kappa shape index (κ1) is 26.2. The van der Waals surface area contributed by atoms with Gasteiger partial charge in [0.15, 0.2) is 29.0 Å². The number of hydrogen-bond acceptors (Lipinski definition) is 7. The number of halogens is 4. The highest BCUT2D eigenvalue weighted by atomic mass is 32.2. The van der Waals surface area contributed by atoms with E-state index < -0.39 is 58.4 Å². The highest BCUT2D eigenvalue weighted by Crippen LogP contribution is 2.44. The summed E-state index contributed by atoms with van der Waals surface area (Å²) >= 11 is -1.85. The van der Waals surface area contributed by atoms with Crippen LogP contribution in [0.5, 0.6) is 0 Å². The Bertz CT molecular complexity index is 1400. The summed E-state index contributed by atoms with van der Waals surface area (Å²) in [5.41, 5.74) is 4.24. The van der Waals surface area contributed by atoms with Gasteiger partial charge in [-0.15, -0.1) is 4.72 Å². The van der Waals surface area contributed by atoms with Gasteiger partial charge in [-0.2, -0.15) is 4.72 Å². The molecule has 1 aromatic heterocycles. The third kappa shape index (κ3) is 5.14. The zero-order valence-electron chi connectivity index (χ0n) is 20.0. The molecule has 13 heteroatoms. The van der Waals surface area contributed by atoms with Gasteiger partial charge in [-0.25, -0.2) is 22.5 Å². The van der Waals surface area contributed by atoms with E-state index in [9.17, 15) is 13.7 Å². The van der Waals surface area contributed by atoms with Gasteiger partial charge in [0, 0.05) is 24.5 Å². The maximum atomic E-state index is 15.2. The van der Waals surface area contributed by atoms with Crippen molar-refractivity contribution in [2.45, 2.75) is 19.4 Å². The maximum absolute atomic E-state index is 15.2. The standard InChI is InChI=1S/C25H23F4N5O3S/c1-11-2-3-18(17(26)6-11)32-23-14(24(30)35)8-13(19(27)21(23)29)7-12-4-5-31-25(20(12)28)34-38(36)33-22-15-9-37-10-16(15)22/h2-6,8,15-16,22,32-33H,7,9-10H2,1H3,(H2,30,35)(H,31,34). The third-order valence-corrected chi connectivity index (χ3v) is 7.53. The van der Waals surface area contributed by atoms with Crippen LogP contribution >= 0.6 is 0 Å². The van der Waals surface area contributed by atoms with Crippen LogP contribution < -0.4 is 20.5 Å². The summed E-state index contributed by atoms with van der Waals surface area (Å²) in [6, 6.07) is 6.25. The van der Waals surface area contributed by atoms with E-state index in [1.807, 2.05) is 0 Å². The number of primary amides is 1. The number of benzene rings is 2. The second-order valence-corrected chi connectivity index (χ2v) is 10.2. The molecule has 1 amide bonds. The van der Waals surface area contributed by atoms with Gasteiger partial charge in [-0.3, -0.25) is 4.79 Å². The molecule has 5 rings (SSSR count). The Morgan fingerprint density at radius 1 is 1.11 bits per heavy atom. The van der Waals surface area contributed by atoms with Crippen LogP contribution in [-0.2, 0) is 22.7 Å². The number of anilines is 3. The quantitative estimate of drug-likeness (QED) is 0.238. The van der Waals surface area contributed by atoms with E-state index in [2.05, 4.69) is 19.7 Å². The molecule has 38 heavy (non-hydrogen) atoms. The summed E-state index contributed by atoms with van der Waals surface area (Å²) in [6.07, 6.45) is 0.742. The number of nitrogens with one attached hydrogen (secondary N) is 3. The highest BCUT2D eigenvalue weighted by Gasteiger charge is 2.56. The molecule has 0 radical (unpaired) electrons. The fourth-order valence-electron chi connectivity index (χ4n) is 4.53. The Hall–Kier alpha value is -3.39. The number of ether oxygens (including phenoxy) is 1. The fraction of sp³-hybridized carbons (Fsp3) is 0.280. The summed E-state index contributed by atoms with van der Waals surface area (Å²) in [5, 5.41) is 2.39. The molecule has 2 fully saturated rings. The lowest BCUT2D eigenvalue weighted by atomic mass is 10.00. The Kier molecular flexibility index (Phi) is 7.18. The van der Waals surface area contributed by atoms with Gasteiger partial charge < -0.3 is 20.3 Å². The molecule has 8 nitrogen and oxygen atoms in total. The molecule has 3 aromatic rings. The number of nitrogens with zero attached hydrogens (tertiary/aromatic N) is 1. The SMILES string of the molecule is Cc1ccc(Nc2c(C(N)=O)cc(Cc3ccnc(N[S+]([O-])NC4C5COCC54)c3F)c(F)c2F)c(F)c1. The normalized spacial score (nSPS) is 20.6. The number of nitrogens with two attached hydrogens (primary N) is 1. The molecule has 0 spiro atoms. The zero-order chi connectivity index (χ0) is 27.1. The first-order chi connectivity index (χ1) is 18.1. The number of carbonyl (C=O) groups is 1. The van der Waals surface area contributed by atoms with Crippen molar-refractivity contribution in [3.63, 3.8) is 0 Å². The number of aryl methyl sites for hydroxylation is 1. The maximum Gasteiger partial charge on any atom is 0.250 e. The molecule has 2 aromatic carbocycles. The van der Waals surface area contributed by atoms with E-state index >= 15 is 13.2 Å². The molecular formula is C25H23F4N5O3S. The average Bonchev–Trinajstić information content (AvgIpc) is 3.27. The summed E-state index contributed by atoms with van der Waals surface area (Å²) in [6.45, 7) is 2.80. The molecule has 200 valence electrons. The lowest BCUT2D eigenvalue weighted by Gasteiger charge is -2.16. The molecule has 1 aliphatic heterocycles. The second-order valence-electron chi connectivity index (χ2n) is 9.25. The second kappa shape index (κ2) is 10.4. The number of rotatable bonds is 9. The van der Waals surface area contributed by atoms with E-state index in [0.717, 1.165) is 6.07 Å². The average molecular weight is 550 g/mol. The lowest BCUT2D eigenvalue weighted by Crippen LogP contribution is -2.35. The molecular weight excluding hydrogens is 526 g/mol. The number of fused-ring (bicyclic) bond motifs is 1. The van der Waals surface area contributed by atoms with Crippen LogP contribution in [0.3, 0.4) is 0 Å². The molecule has 2 aliphatic rings. The number of carbonyl (C=O) groups excluding carboxylic acids is 1. The van der Waals surface area contributed by atoms with Gasteiger partial charge in [0.2, 0.25) is 5.82 Å². The van der Waals surface area contributed by atoms with Crippen molar-refractivity contribution in [1.29, 1.82) is 0 Å². The van der Waals surface area contributed by atoms with Crippen molar-refractivity contribution in [3.05, 3.63) is 82.1 Å². The van der Waals surface area contributed by atoms with Crippen molar-refractivity contribution >= 4 is 34.6 Å². The predicted octanol–water partition coefficient (Wildman–Crippen LogP) is 3.60. The van der Waals surface area contributed by atoms with Crippen molar-refractivity contribution in [1.82, 2.24) is 9.71 Å². The first-order valence-electron chi connectivity index (χ1n) is 11.6. The van der Waals surface area contributed by atoms with Crippen LogP contribution in [0.25, 0.3) is 0 Å². The van der Waals surface area contributed by atoms with Crippen LogP contribution in [0.15, 0.2) is 36.5 Å². The molecule has 1 saturated heterocycles. The number of hydrogen-bond donors (Lipinski definition) is 4. The van der Waals surface area contributed by atoms with E-state index in [-0.39, 0.29) is 40.5 Å². The molecule has 1 saturated carbocycles. The van der Waals surface area contributed by atoms with Crippen molar-refractivity contribution in [2.24, 2.45) is 17.6 Å². The topological polar surface area (TPSA) is 124 Å². The Balaban J connectivity index is 1.38. The number of aromatic nitrogens is 1. The van der Waals surface area contributed by atoms with E-state index in [1.54, 1.807) is 13.0 Å². The van der Waals surface area contributed by atoms with Gasteiger partial charge >= 0.3 is 0 Å². The van der Waals surface area contributed by atoms with Gasteiger partial charge in [0.25, 0.3) is 5.91 Å². The van der Waals surface area contributed by atoms with Gasteiger partial charge in [0.05, 0.1) is 36.2 Å². The Morgan fingerprint density at radius 2 is 1.84 bits per heavy atom. The third-order valence-electron chi connectivity index (χ3n) is 6.67. The summed E-state index contributed by atoms with van der Waals surface area (Å²) in [4.78, 5) is 15.9. The summed E-state index contributed by atoms with van der Waals surface area (Å²) < 4.78 is 82.6. The fourth-order valence-corrected chi connectivity index (χ4v) is 5.51. The van der Waals surface area contributed by atoms with Crippen LogP contribution in [0.2, 0.25) is 0 Å². The smallest absolute Gasteiger partial charge is 0.250 e. The zero-order valence-corrected chi connectivity index (χ0v) is 20.8. The van der Waals surface area contributed by atoms with E-state index in [4.69, 9.17) is 10.5 Å². The summed E-state index contributed by atoms with van der Waals surface area (Å²) in [5.74, 6) is -5.44. The lowest BCUT2D eigenvalue weighted by molar-refractivity contribution is 0.100. The molecule has 3 unspecified atom stereocenters. The molecule has 3 atom stereocenters. The van der Waals surface area contributed by atoms with E-state index in [0.29, 0.717) is 18.8 Å². The highest BCUT2D eigenvalue weighted by molar-refractivity contribution is 7.90. The van der Waals surface area contributed by atoms with Crippen LogP contribution in [0.4, 0.5) is 34.8 Å². The minimum atomic E-state index is -1.85. The Morgan fingerprint density at radius 3 is 2.53 bits per heavy atom. The predicted molar refractivity (Wildman–Crippen MR) is 133 cm³/mol. The van der Waals surface area contributed by atoms with Crippen LogP contribution in [0.1, 0.15) is 27.0 Å². The van der Waals surface area contributed by atoms with Crippen molar-refractivity contribution < 1.29 is 31.6 Å². The molecule has 2 heterocycles. The largest absolute Gasteiger partial charge is 0.574 e. The van der Waals surface area contributed by atoms with E-state index in [1.165, 1.54) is 24.4 Å². The molecule has 5 N–H and O–H groups in total. The first-order valence-corrected chi connectivity index (χ1v) is 12.8. The number of pyridine rings is 1. The molecule has 0 bridgehead atoms. The minimum absolute atomic E-state index is 0.00636. The van der Waals surface area contributed by atoms with Crippen LogP contribution in [-0.4, -0.2) is 34.7 Å². The van der Waals surface area contributed by atoms with Gasteiger partial charge in [-0.1, -0.05) is 6.07 Å². The van der Waals surface area contributed by atoms with Gasteiger partial charge in [-0.05, 0) is 47.9 Å². The Labute approximate surface area is 218 Å².